The molecule has 1 aliphatic rings. The van der Waals surface area contributed by atoms with Crippen LogP contribution < -0.4 is 16.4 Å². The first-order chi connectivity index (χ1) is 11.1. The maximum Gasteiger partial charge on any atom is 0.320 e. The van der Waals surface area contributed by atoms with Crippen LogP contribution in [0.3, 0.4) is 0 Å². The van der Waals surface area contributed by atoms with Crippen molar-refractivity contribution in [3.63, 3.8) is 0 Å². The zero-order chi connectivity index (χ0) is 18.0. The highest BCUT2D eigenvalue weighted by molar-refractivity contribution is 5.95. The minimum Gasteiger partial charge on any atom is -0.340 e. The van der Waals surface area contributed by atoms with Crippen molar-refractivity contribution in [1.82, 2.24) is 10.2 Å². The maximum atomic E-state index is 12.8. The molecule has 0 saturated carbocycles. The summed E-state index contributed by atoms with van der Waals surface area (Å²) < 4.78 is 0. The van der Waals surface area contributed by atoms with Crippen molar-refractivity contribution in [2.45, 2.75) is 45.7 Å². The Morgan fingerprint density at radius 2 is 1.84 bits per heavy atom. The SMILES string of the molecule is CC(C)(NC(=O)Nc1ccccc1)C(=O)N1CCC(N)C(C)(C)C1.Cl. The minimum atomic E-state index is -0.990. The smallest absolute Gasteiger partial charge is 0.320 e. The van der Waals surface area contributed by atoms with Crippen LogP contribution in [0.15, 0.2) is 30.3 Å². The van der Waals surface area contributed by atoms with E-state index in [9.17, 15) is 9.59 Å². The maximum absolute atomic E-state index is 12.8. The molecule has 3 amide bonds. The number of hydrogen-bond acceptors (Lipinski definition) is 3. The van der Waals surface area contributed by atoms with Gasteiger partial charge in [0.2, 0.25) is 5.91 Å². The fourth-order valence-electron chi connectivity index (χ4n) is 2.96. The monoisotopic (exact) mass is 368 g/mol. The van der Waals surface area contributed by atoms with E-state index >= 15 is 0 Å². The molecule has 2 rings (SSSR count). The third-order valence-corrected chi connectivity index (χ3v) is 4.59. The number of rotatable bonds is 3. The van der Waals surface area contributed by atoms with Gasteiger partial charge in [0.15, 0.2) is 0 Å². The Labute approximate surface area is 155 Å². The summed E-state index contributed by atoms with van der Waals surface area (Å²) in [6, 6.07) is 8.83. The van der Waals surface area contributed by atoms with Gasteiger partial charge in [-0.15, -0.1) is 12.4 Å². The van der Waals surface area contributed by atoms with Gasteiger partial charge < -0.3 is 21.3 Å². The predicted octanol–water partition coefficient (Wildman–Crippen LogP) is 2.59. The van der Waals surface area contributed by atoms with Crippen molar-refractivity contribution in [1.29, 1.82) is 0 Å². The zero-order valence-corrected chi connectivity index (χ0v) is 16.2. The standard InChI is InChI=1S/C18H28N4O2.ClH/c1-17(2)12-22(11-10-14(17)19)15(23)18(3,4)21-16(24)20-13-8-6-5-7-9-13;/h5-9,14H,10-12,19H2,1-4H3,(H2,20,21,24);1H. The first-order valence-corrected chi connectivity index (χ1v) is 8.31. The Morgan fingerprint density at radius 3 is 2.40 bits per heavy atom. The summed E-state index contributed by atoms with van der Waals surface area (Å²) >= 11 is 0. The molecule has 0 spiro atoms. The number of amides is 3. The molecule has 4 N–H and O–H groups in total. The second-order valence-electron chi connectivity index (χ2n) is 7.68. The normalized spacial score (nSPS) is 19.6. The van der Waals surface area contributed by atoms with Gasteiger partial charge >= 0.3 is 6.03 Å². The average molecular weight is 369 g/mol. The van der Waals surface area contributed by atoms with Crippen LogP contribution in [0.5, 0.6) is 0 Å². The van der Waals surface area contributed by atoms with Gasteiger partial charge in [0.25, 0.3) is 0 Å². The largest absolute Gasteiger partial charge is 0.340 e. The summed E-state index contributed by atoms with van der Waals surface area (Å²) in [6.07, 6.45) is 0.769. The van der Waals surface area contributed by atoms with Gasteiger partial charge in [-0.3, -0.25) is 4.79 Å². The second kappa shape index (κ2) is 8.06. The van der Waals surface area contributed by atoms with Gasteiger partial charge in [-0.1, -0.05) is 32.0 Å². The average Bonchev–Trinajstić information content (AvgIpc) is 2.49. The van der Waals surface area contributed by atoms with Crippen molar-refractivity contribution in [3.05, 3.63) is 30.3 Å². The molecule has 0 bridgehead atoms. The highest BCUT2D eigenvalue weighted by Gasteiger charge is 2.40. The number of nitrogens with two attached hydrogens (primary N) is 1. The molecule has 140 valence electrons. The van der Waals surface area contributed by atoms with Crippen LogP contribution >= 0.6 is 12.4 Å². The summed E-state index contributed by atoms with van der Waals surface area (Å²) in [5.74, 6) is -0.0920. The summed E-state index contributed by atoms with van der Waals surface area (Å²) in [6.45, 7) is 8.80. The van der Waals surface area contributed by atoms with E-state index in [1.807, 2.05) is 18.2 Å². The molecular formula is C18H29ClN4O2. The number of urea groups is 1. The van der Waals surface area contributed by atoms with Crippen molar-refractivity contribution in [3.8, 4) is 0 Å². The number of nitrogens with one attached hydrogen (secondary N) is 2. The zero-order valence-electron chi connectivity index (χ0n) is 15.3. The Bertz CT molecular complexity index is 604. The van der Waals surface area contributed by atoms with Crippen LogP contribution in [-0.4, -0.2) is 41.5 Å². The van der Waals surface area contributed by atoms with E-state index in [-0.39, 0.29) is 29.8 Å². The minimum absolute atomic E-state index is 0. The van der Waals surface area contributed by atoms with Crippen LogP contribution in [0.25, 0.3) is 0 Å². The number of anilines is 1. The van der Waals surface area contributed by atoms with Gasteiger partial charge in [-0.05, 0) is 37.8 Å². The predicted molar refractivity (Wildman–Crippen MR) is 103 cm³/mol. The van der Waals surface area contributed by atoms with Gasteiger partial charge in [-0.25, -0.2) is 4.79 Å². The molecule has 1 fully saturated rings. The van der Waals surface area contributed by atoms with E-state index in [0.29, 0.717) is 18.8 Å². The first-order valence-electron chi connectivity index (χ1n) is 8.31. The van der Waals surface area contributed by atoms with E-state index in [1.54, 1.807) is 30.9 Å². The lowest BCUT2D eigenvalue weighted by Gasteiger charge is -2.44. The number of halogens is 1. The van der Waals surface area contributed by atoms with E-state index in [2.05, 4.69) is 24.5 Å². The molecule has 0 aromatic heterocycles. The highest BCUT2D eigenvalue weighted by Crippen LogP contribution is 2.29. The second-order valence-corrected chi connectivity index (χ2v) is 7.68. The Hall–Kier alpha value is -1.79. The molecule has 0 aliphatic carbocycles. The number of para-hydroxylation sites is 1. The molecule has 1 heterocycles. The third kappa shape index (κ3) is 5.34. The van der Waals surface area contributed by atoms with Crippen molar-refractivity contribution < 1.29 is 9.59 Å². The third-order valence-electron chi connectivity index (χ3n) is 4.59. The van der Waals surface area contributed by atoms with E-state index in [4.69, 9.17) is 5.73 Å². The number of carbonyl (C=O) groups excluding carboxylic acids is 2. The fraction of sp³-hybridized carbons (Fsp3) is 0.556. The Balaban J connectivity index is 0.00000312. The van der Waals surface area contributed by atoms with Crippen LogP contribution in [-0.2, 0) is 4.79 Å². The molecule has 6 nitrogen and oxygen atoms in total. The van der Waals surface area contributed by atoms with Crippen LogP contribution in [0.1, 0.15) is 34.1 Å². The van der Waals surface area contributed by atoms with Gasteiger partial charge in [0.1, 0.15) is 5.54 Å². The lowest BCUT2D eigenvalue weighted by molar-refractivity contribution is -0.140. The summed E-state index contributed by atoms with van der Waals surface area (Å²) in [5.41, 5.74) is 5.70. The molecular weight excluding hydrogens is 340 g/mol. The Kier molecular flexibility index (Phi) is 6.85. The molecule has 1 unspecified atom stereocenters. The van der Waals surface area contributed by atoms with E-state index in [0.717, 1.165) is 6.42 Å². The Morgan fingerprint density at radius 1 is 1.24 bits per heavy atom. The van der Waals surface area contributed by atoms with Crippen LogP contribution in [0, 0.1) is 5.41 Å². The van der Waals surface area contributed by atoms with Crippen molar-refractivity contribution in [2.24, 2.45) is 11.1 Å². The van der Waals surface area contributed by atoms with Gasteiger partial charge in [0.05, 0.1) is 0 Å². The molecule has 1 saturated heterocycles. The van der Waals surface area contributed by atoms with Crippen LogP contribution in [0.2, 0.25) is 0 Å². The number of nitrogens with zero attached hydrogens (tertiary/aromatic N) is 1. The fourth-order valence-corrected chi connectivity index (χ4v) is 2.96. The molecule has 1 atom stereocenters. The molecule has 7 heteroatoms. The lowest BCUT2D eigenvalue weighted by atomic mass is 9.79. The van der Waals surface area contributed by atoms with Crippen molar-refractivity contribution >= 4 is 30.0 Å². The topological polar surface area (TPSA) is 87.5 Å². The molecule has 0 radical (unpaired) electrons. The lowest BCUT2D eigenvalue weighted by Crippen LogP contribution is -2.61. The molecule has 1 aromatic carbocycles. The van der Waals surface area contributed by atoms with E-state index in [1.165, 1.54) is 0 Å². The number of hydrogen-bond donors (Lipinski definition) is 3. The summed E-state index contributed by atoms with van der Waals surface area (Å²) in [5, 5.41) is 5.51. The molecule has 1 aromatic rings. The quantitative estimate of drug-likeness (QED) is 0.766. The summed E-state index contributed by atoms with van der Waals surface area (Å²) in [7, 11) is 0. The van der Waals surface area contributed by atoms with E-state index < -0.39 is 11.6 Å². The highest BCUT2D eigenvalue weighted by atomic mass is 35.5. The number of piperidine rings is 1. The van der Waals surface area contributed by atoms with Crippen LogP contribution in [0.4, 0.5) is 10.5 Å². The number of benzene rings is 1. The summed E-state index contributed by atoms with van der Waals surface area (Å²) in [4.78, 5) is 26.8. The molecule has 25 heavy (non-hydrogen) atoms. The van der Waals surface area contributed by atoms with Gasteiger partial charge in [-0.2, -0.15) is 0 Å². The number of carbonyl (C=O) groups is 2. The number of likely N-dealkylation sites (tertiary alicyclic amines) is 1. The van der Waals surface area contributed by atoms with Gasteiger partial charge in [0, 0.05) is 24.8 Å². The molecule has 1 aliphatic heterocycles. The first kappa shape index (κ1) is 21.3. The van der Waals surface area contributed by atoms with Crippen molar-refractivity contribution in [2.75, 3.05) is 18.4 Å².